The largest absolute Gasteiger partial charge is 0.326 e. The maximum absolute atomic E-state index is 12.6. The summed E-state index contributed by atoms with van der Waals surface area (Å²) in [5.74, 6) is -0.0870. The summed E-state index contributed by atoms with van der Waals surface area (Å²) in [5.41, 5.74) is 4.81. The molecule has 0 saturated heterocycles. The molecular formula is C18H21N3O. The molecule has 4 nitrogen and oxygen atoms in total. The summed E-state index contributed by atoms with van der Waals surface area (Å²) in [5, 5.41) is 8.85. The van der Waals surface area contributed by atoms with Crippen LogP contribution in [0.5, 0.6) is 0 Å². The van der Waals surface area contributed by atoms with Gasteiger partial charge in [0.2, 0.25) is 0 Å². The van der Waals surface area contributed by atoms with E-state index in [0.717, 1.165) is 17.1 Å². The Morgan fingerprint density at radius 1 is 1.27 bits per heavy atom. The Kier molecular flexibility index (Phi) is 4.67. The maximum Gasteiger partial charge on any atom is 0.256 e. The van der Waals surface area contributed by atoms with Gasteiger partial charge in [-0.15, -0.1) is 0 Å². The predicted molar refractivity (Wildman–Crippen MR) is 87.2 cm³/mol. The highest BCUT2D eigenvalue weighted by Crippen LogP contribution is 2.22. The Labute approximate surface area is 131 Å². The first-order valence-corrected chi connectivity index (χ1v) is 7.41. The zero-order chi connectivity index (χ0) is 16.3. The van der Waals surface area contributed by atoms with E-state index in [0.29, 0.717) is 12.1 Å². The number of aromatic nitrogens is 1. The number of hydrogen-bond acceptors (Lipinski definition) is 2. The van der Waals surface area contributed by atoms with Gasteiger partial charge >= 0.3 is 0 Å². The lowest BCUT2D eigenvalue weighted by molar-refractivity contribution is 0.0783. The Hall–Kier alpha value is -2.54. The third-order valence-electron chi connectivity index (χ3n) is 3.85. The summed E-state index contributed by atoms with van der Waals surface area (Å²) in [6, 6.07) is 12.1. The van der Waals surface area contributed by atoms with Gasteiger partial charge in [-0.1, -0.05) is 12.1 Å². The molecule has 0 aliphatic heterocycles. The molecule has 0 spiro atoms. The molecule has 0 saturated carbocycles. The van der Waals surface area contributed by atoms with Crippen LogP contribution in [0.15, 0.2) is 30.3 Å². The van der Waals surface area contributed by atoms with Crippen molar-refractivity contribution < 1.29 is 4.79 Å². The van der Waals surface area contributed by atoms with Gasteiger partial charge in [-0.3, -0.25) is 4.79 Å². The van der Waals surface area contributed by atoms with Gasteiger partial charge < -0.3 is 9.47 Å². The molecule has 1 amide bonds. The Morgan fingerprint density at radius 2 is 2.00 bits per heavy atom. The number of benzene rings is 1. The number of aryl methyl sites for hydroxylation is 2. The van der Waals surface area contributed by atoms with E-state index in [2.05, 4.69) is 23.6 Å². The van der Waals surface area contributed by atoms with Crippen molar-refractivity contribution >= 4 is 5.91 Å². The van der Waals surface area contributed by atoms with Crippen LogP contribution < -0.4 is 0 Å². The first-order chi connectivity index (χ1) is 10.5. The Morgan fingerprint density at radius 3 is 2.59 bits per heavy atom. The van der Waals surface area contributed by atoms with Crippen molar-refractivity contribution in [3.8, 4) is 11.8 Å². The molecule has 1 aromatic carbocycles. The lowest BCUT2D eigenvalue weighted by Gasteiger charge is -2.17. The van der Waals surface area contributed by atoms with E-state index < -0.39 is 0 Å². The fourth-order valence-corrected chi connectivity index (χ4v) is 2.73. The number of carbonyl (C=O) groups excluding carboxylic acids is 1. The Bertz CT molecular complexity index is 737. The minimum atomic E-state index is -0.0870. The molecule has 4 heteroatoms. The van der Waals surface area contributed by atoms with E-state index in [1.54, 1.807) is 4.90 Å². The van der Waals surface area contributed by atoms with Crippen LogP contribution in [0.25, 0.3) is 5.69 Å². The monoisotopic (exact) mass is 295 g/mol. The second-order valence-corrected chi connectivity index (χ2v) is 5.44. The quantitative estimate of drug-likeness (QED) is 0.812. The lowest BCUT2D eigenvalue weighted by atomic mass is 10.2. The van der Waals surface area contributed by atoms with Gasteiger partial charge in [-0.2, -0.15) is 5.26 Å². The van der Waals surface area contributed by atoms with Gasteiger partial charge in [0.1, 0.15) is 6.54 Å². The molecule has 0 bridgehead atoms. The topological polar surface area (TPSA) is 49.0 Å². The molecule has 22 heavy (non-hydrogen) atoms. The van der Waals surface area contributed by atoms with Crippen LogP contribution in [0, 0.1) is 32.1 Å². The zero-order valence-corrected chi connectivity index (χ0v) is 13.6. The molecular weight excluding hydrogens is 274 g/mol. The molecule has 114 valence electrons. The van der Waals surface area contributed by atoms with Gasteiger partial charge in [0.05, 0.1) is 11.6 Å². The van der Waals surface area contributed by atoms with E-state index in [4.69, 9.17) is 5.26 Å². The number of amides is 1. The van der Waals surface area contributed by atoms with Crippen molar-refractivity contribution in [3.63, 3.8) is 0 Å². The predicted octanol–water partition coefficient (Wildman–Crippen LogP) is 3.39. The third kappa shape index (κ3) is 2.89. The first-order valence-electron chi connectivity index (χ1n) is 7.41. The molecule has 0 fully saturated rings. The zero-order valence-electron chi connectivity index (χ0n) is 13.6. The summed E-state index contributed by atoms with van der Waals surface area (Å²) in [4.78, 5) is 14.2. The van der Waals surface area contributed by atoms with Gasteiger partial charge in [0.25, 0.3) is 5.91 Å². The highest BCUT2D eigenvalue weighted by atomic mass is 16.2. The number of rotatable bonds is 4. The molecule has 0 aliphatic carbocycles. The van der Waals surface area contributed by atoms with Crippen molar-refractivity contribution in [3.05, 3.63) is 52.8 Å². The number of carbonyl (C=O) groups is 1. The number of nitriles is 1. The molecule has 0 atom stereocenters. The van der Waals surface area contributed by atoms with E-state index in [1.807, 2.05) is 45.0 Å². The van der Waals surface area contributed by atoms with Crippen molar-refractivity contribution in [2.45, 2.75) is 27.7 Å². The summed E-state index contributed by atoms with van der Waals surface area (Å²) in [6.07, 6.45) is 0. The van der Waals surface area contributed by atoms with E-state index in [1.165, 1.54) is 5.56 Å². The molecule has 0 N–H and O–H groups in total. The molecule has 0 aliphatic rings. The fourth-order valence-electron chi connectivity index (χ4n) is 2.73. The summed E-state index contributed by atoms with van der Waals surface area (Å²) < 4.78 is 2.08. The third-order valence-corrected chi connectivity index (χ3v) is 3.85. The summed E-state index contributed by atoms with van der Waals surface area (Å²) >= 11 is 0. The van der Waals surface area contributed by atoms with Crippen LogP contribution in [0.2, 0.25) is 0 Å². The van der Waals surface area contributed by atoms with Gasteiger partial charge in [-0.05, 0) is 51.5 Å². The van der Waals surface area contributed by atoms with Crippen LogP contribution in [-0.2, 0) is 0 Å². The van der Waals surface area contributed by atoms with Gasteiger partial charge in [0.15, 0.2) is 0 Å². The highest BCUT2D eigenvalue weighted by molar-refractivity contribution is 5.96. The molecule has 1 heterocycles. The minimum Gasteiger partial charge on any atom is -0.326 e. The first kappa shape index (κ1) is 15.8. The van der Waals surface area contributed by atoms with Crippen LogP contribution in [0.1, 0.15) is 34.2 Å². The molecule has 0 radical (unpaired) electrons. The van der Waals surface area contributed by atoms with E-state index in [9.17, 15) is 4.79 Å². The van der Waals surface area contributed by atoms with Crippen LogP contribution >= 0.6 is 0 Å². The van der Waals surface area contributed by atoms with E-state index >= 15 is 0 Å². The molecule has 2 aromatic rings. The van der Waals surface area contributed by atoms with Crippen LogP contribution in [-0.4, -0.2) is 28.5 Å². The average Bonchev–Trinajstić information content (AvgIpc) is 2.79. The molecule has 0 unspecified atom stereocenters. The van der Waals surface area contributed by atoms with Gasteiger partial charge in [0, 0.05) is 23.6 Å². The van der Waals surface area contributed by atoms with Gasteiger partial charge in [-0.25, -0.2) is 0 Å². The normalized spacial score (nSPS) is 10.3. The molecule has 1 aromatic heterocycles. The van der Waals surface area contributed by atoms with Crippen LogP contribution in [0.4, 0.5) is 0 Å². The van der Waals surface area contributed by atoms with Crippen molar-refractivity contribution in [2.75, 3.05) is 13.1 Å². The summed E-state index contributed by atoms with van der Waals surface area (Å²) in [6.45, 7) is 8.52. The van der Waals surface area contributed by atoms with E-state index in [-0.39, 0.29) is 12.5 Å². The van der Waals surface area contributed by atoms with Crippen molar-refractivity contribution in [1.29, 1.82) is 5.26 Å². The standard InChI is InChI=1S/C18H21N3O/c1-5-20(10-9-19)18(22)17-12-14(3)21(15(17)4)16-8-6-7-13(2)11-16/h6-8,11-12H,5,10H2,1-4H3. The second kappa shape index (κ2) is 6.48. The van der Waals surface area contributed by atoms with Crippen molar-refractivity contribution in [2.24, 2.45) is 0 Å². The smallest absolute Gasteiger partial charge is 0.256 e. The maximum atomic E-state index is 12.6. The van der Waals surface area contributed by atoms with Crippen LogP contribution in [0.3, 0.4) is 0 Å². The minimum absolute atomic E-state index is 0.0870. The second-order valence-electron chi connectivity index (χ2n) is 5.44. The average molecular weight is 295 g/mol. The highest BCUT2D eigenvalue weighted by Gasteiger charge is 2.20. The lowest BCUT2D eigenvalue weighted by Crippen LogP contribution is -2.31. The molecule has 2 rings (SSSR count). The summed E-state index contributed by atoms with van der Waals surface area (Å²) in [7, 11) is 0. The Balaban J connectivity index is 2.48. The number of hydrogen-bond donors (Lipinski definition) is 0. The SMILES string of the molecule is CCN(CC#N)C(=O)c1cc(C)n(-c2cccc(C)c2)c1C. The number of nitrogens with zero attached hydrogens (tertiary/aromatic N) is 3. The fraction of sp³-hybridized carbons (Fsp3) is 0.333. The van der Waals surface area contributed by atoms with Crippen molar-refractivity contribution in [1.82, 2.24) is 9.47 Å².